The molecule has 0 aliphatic rings. The number of halogens is 1. The summed E-state index contributed by atoms with van der Waals surface area (Å²) < 4.78 is 5.10. The first kappa shape index (κ1) is 15.4. The lowest BCUT2D eigenvalue weighted by atomic mass is 10.2. The zero-order valence-corrected chi connectivity index (χ0v) is 13.1. The minimum Gasteiger partial charge on any atom is -0.361 e. The highest BCUT2D eigenvalue weighted by Crippen LogP contribution is 2.14. The van der Waals surface area contributed by atoms with Crippen molar-refractivity contribution in [3.8, 4) is 0 Å². The fourth-order valence-corrected chi connectivity index (χ4v) is 2.08. The monoisotopic (exact) mass is 307 g/mol. The van der Waals surface area contributed by atoms with E-state index in [9.17, 15) is 4.79 Å². The quantitative estimate of drug-likeness (QED) is 0.943. The largest absolute Gasteiger partial charge is 0.361 e. The number of aryl methyl sites for hydroxylation is 2. The van der Waals surface area contributed by atoms with Gasteiger partial charge in [-0.1, -0.05) is 28.9 Å². The Bertz CT molecular complexity index is 603. The third-order valence-electron chi connectivity index (χ3n) is 3.28. The second kappa shape index (κ2) is 6.63. The van der Waals surface area contributed by atoms with Crippen LogP contribution in [0.4, 0.5) is 4.79 Å². The van der Waals surface area contributed by atoms with Crippen molar-refractivity contribution in [1.29, 1.82) is 0 Å². The van der Waals surface area contributed by atoms with Gasteiger partial charge in [-0.25, -0.2) is 4.79 Å². The number of rotatable bonds is 4. The van der Waals surface area contributed by atoms with Gasteiger partial charge in [0.25, 0.3) is 0 Å². The van der Waals surface area contributed by atoms with Gasteiger partial charge in [0.2, 0.25) is 0 Å². The Morgan fingerprint density at radius 3 is 2.57 bits per heavy atom. The van der Waals surface area contributed by atoms with Gasteiger partial charge in [-0.05, 0) is 31.5 Å². The van der Waals surface area contributed by atoms with Crippen LogP contribution in [0, 0.1) is 13.8 Å². The van der Waals surface area contributed by atoms with E-state index in [4.69, 9.17) is 16.1 Å². The summed E-state index contributed by atoms with van der Waals surface area (Å²) in [4.78, 5) is 13.7. The molecule has 0 unspecified atom stereocenters. The van der Waals surface area contributed by atoms with Gasteiger partial charge in [0.05, 0.1) is 12.2 Å². The van der Waals surface area contributed by atoms with Crippen LogP contribution < -0.4 is 5.32 Å². The van der Waals surface area contributed by atoms with E-state index in [0.717, 1.165) is 22.6 Å². The van der Waals surface area contributed by atoms with Crippen molar-refractivity contribution in [2.45, 2.75) is 26.9 Å². The van der Waals surface area contributed by atoms with Gasteiger partial charge in [-0.2, -0.15) is 0 Å². The van der Waals surface area contributed by atoms with Crippen LogP contribution in [0.15, 0.2) is 28.8 Å². The number of nitrogens with zero attached hydrogens (tertiary/aromatic N) is 2. The Balaban J connectivity index is 1.89. The van der Waals surface area contributed by atoms with Crippen LogP contribution >= 0.6 is 11.6 Å². The molecule has 1 heterocycles. The molecule has 5 nitrogen and oxygen atoms in total. The van der Waals surface area contributed by atoms with Gasteiger partial charge in [-0.15, -0.1) is 0 Å². The third kappa shape index (κ3) is 3.98. The molecular formula is C15H18ClN3O2. The molecule has 2 aromatic rings. The smallest absolute Gasteiger partial charge is 0.317 e. The number of nitrogens with one attached hydrogen (secondary N) is 1. The number of carbonyl (C=O) groups is 1. The first-order chi connectivity index (χ1) is 9.97. The molecule has 21 heavy (non-hydrogen) atoms. The Labute approximate surface area is 128 Å². The maximum atomic E-state index is 12.1. The fraction of sp³-hybridized carbons (Fsp3) is 0.333. The summed E-state index contributed by atoms with van der Waals surface area (Å²) >= 11 is 5.82. The average molecular weight is 308 g/mol. The maximum absolute atomic E-state index is 12.1. The molecule has 0 atom stereocenters. The number of amides is 2. The summed E-state index contributed by atoms with van der Waals surface area (Å²) in [6, 6.07) is 7.23. The molecular weight excluding hydrogens is 290 g/mol. The van der Waals surface area contributed by atoms with E-state index in [1.807, 2.05) is 26.0 Å². The molecule has 112 valence electrons. The van der Waals surface area contributed by atoms with Crippen molar-refractivity contribution in [3.05, 3.63) is 51.9 Å². The molecule has 6 heteroatoms. The number of carbonyl (C=O) groups excluding carboxylic acids is 1. The minimum atomic E-state index is -0.148. The zero-order chi connectivity index (χ0) is 15.4. The normalized spacial score (nSPS) is 10.5. The highest BCUT2D eigenvalue weighted by Gasteiger charge is 2.15. The molecule has 1 aromatic heterocycles. The summed E-state index contributed by atoms with van der Waals surface area (Å²) in [5.74, 6) is 0.741. The standard InChI is InChI=1S/C15H18ClN3O2/c1-10-14(11(2)21-18-10)9-19(3)15(20)17-8-12-4-6-13(16)7-5-12/h4-7H,8-9H2,1-3H3,(H,17,20). The van der Waals surface area contributed by atoms with E-state index in [-0.39, 0.29) is 6.03 Å². The lowest BCUT2D eigenvalue weighted by Gasteiger charge is -2.17. The summed E-state index contributed by atoms with van der Waals surface area (Å²) in [6.45, 7) is 4.63. The van der Waals surface area contributed by atoms with Crippen LogP contribution in [0.2, 0.25) is 5.02 Å². The second-order valence-electron chi connectivity index (χ2n) is 4.94. The van der Waals surface area contributed by atoms with E-state index in [0.29, 0.717) is 18.1 Å². The molecule has 0 saturated carbocycles. The van der Waals surface area contributed by atoms with E-state index in [1.54, 1.807) is 24.1 Å². The topological polar surface area (TPSA) is 58.4 Å². The molecule has 0 spiro atoms. The summed E-state index contributed by atoms with van der Waals surface area (Å²) in [5, 5.41) is 7.43. The van der Waals surface area contributed by atoms with Crippen molar-refractivity contribution in [2.75, 3.05) is 7.05 Å². The Hall–Kier alpha value is -2.01. The van der Waals surface area contributed by atoms with Crippen LogP contribution in [0.1, 0.15) is 22.6 Å². The number of benzene rings is 1. The first-order valence-corrected chi connectivity index (χ1v) is 7.00. The molecule has 0 aliphatic carbocycles. The highest BCUT2D eigenvalue weighted by atomic mass is 35.5. The minimum absolute atomic E-state index is 0.148. The molecule has 2 amide bonds. The summed E-state index contributed by atoms with van der Waals surface area (Å²) in [7, 11) is 1.74. The average Bonchev–Trinajstić information content (AvgIpc) is 2.78. The van der Waals surface area contributed by atoms with Crippen molar-refractivity contribution >= 4 is 17.6 Å². The third-order valence-corrected chi connectivity index (χ3v) is 3.53. The molecule has 1 N–H and O–H groups in total. The second-order valence-corrected chi connectivity index (χ2v) is 5.38. The van der Waals surface area contributed by atoms with Gasteiger partial charge in [0, 0.05) is 24.2 Å². The predicted octanol–water partition coefficient (Wildman–Crippen LogP) is 3.29. The van der Waals surface area contributed by atoms with Crippen LogP contribution in [0.25, 0.3) is 0 Å². The number of aromatic nitrogens is 1. The summed E-state index contributed by atoms with van der Waals surface area (Å²) in [6.07, 6.45) is 0. The van der Waals surface area contributed by atoms with E-state index in [2.05, 4.69) is 10.5 Å². The Morgan fingerprint density at radius 1 is 1.33 bits per heavy atom. The molecule has 0 bridgehead atoms. The SMILES string of the molecule is Cc1noc(C)c1CN(C)C(=O)NCc1ccc(Cl)cc1. The van der Waals surface area contributed by atoms with Crippen LogP contribution in [-0.4, -0.2) is 23.1 Å². The Morgan fingerprint density at radius 2 is 2.00 bits per heavy atom. The van der Waals surface area contributed by atoms with Crippen LogP contribution in [0.5, 0.6) is 0 Å². The van der Waals surface area contributed by atoms with Gasteiger partial charge in [0.15, 0.2) is 0 Å². The fourth-order valence-electron chi connectivity index (χ4n) is 1.95. The highest BCUT2D eigenvalue weighted by molar-refractivity contribution is 6.30. The summed E-state index contributed by atoms with van der Waals surface area (Å²) in [5.41, 5.74) is 2.75. The van der Waals surface area contributed by atoms with Gasteiger partial charge in [0.1, 0.15) is 5.76 Å². The van der Waals surface area contributed by atoms with Gasteiger partial charge < -0.3 is 14.7 Å². The lowest BCUT2D eigenvalue weighted by molar-refractivity contribution is 0.206. The van der Waals surface area contributed by atoms with E-state index < -0.39 is 0 Å². The van der Waals surface area contributed by atoms with Crippen molar-refractivity contribution in [3.63, 3.8) is 0 Å². The zero-order valence-electron chi connectivity index (χ0n) is 12.3. The molecule has 0 fully saturated rings. The first-order valence-electron chi connectivity index (χ1n) is 6.62. The van der Waals surface area contributed by atoms with E-state index in [1.165, 1.54) is 0 Å². The molecule has 0 saturated heterocycles. The molecule has 2 rings (SSSR count). The van der Waals surface area contributed by atoms with Crippen molar-refractivity contribution in [2.24, 2.45) is 0 Å². The molecule has 1 aromatic carbocycles. The van der Waals surface area contributed by atoms with Gasteiger partial charge in [-0.3, -0.25) is 0 Å². The number of hydrogen-bond donors (Lipinski definition) is 1. The van der Waals surface area contributed by atoms with Crippen LogP contribution in [0.3, 0.4) is 0 Å². The van der Waals surface area contributed by atoms with Crippen molar-refractivity contribution in [1.82, 2.24) is 15.4 Å². The number of urea groups is 1. The van der Waals surface area contributed by atoms with Crippen LogP contribution in [-0.2, 0) is 13.1 Å². The maximum Gasteiger partial charge on any atom is 0.317 e. The Kier molecular flexibility index (Phi) is 4.85. The predicted molar refractivity (Wildman–Crippen MR) is 81.1 cm³/mol. The lowest BCUT2D eigenvalue weighted by Crippen LogP contribution is -2.36. The molecule has 0 aliphatic heterocycles. The molecule has 0 radical (unpaired) electrons. The van der Waals surface area contributed by atoms with Crippen molar-refractivity contribution < 1.29 is 9.32 Å². The number of hydrogen-bond acceptors (Lipinski definition) is 3. The van der Waals surface area contributed by atoms with Gasteiger partial charge >= 0.3 is 6.03 Å². The van der Waals surface area contributed by atoms with E-state index >= 15 is 0 Å².